The van der Waals surface area contributed by atoms with Gasteiger partial charge in [-0.15, -0.1) is 0 Å². The van der Waals surface area contributed by atoms with Gasteiger partial charge in [0.2, 0.25) is 5.95 Å². The molecule has 26 heavy (non-hydrogen) atoms. The second-order valence-corrected chi connectivity index (χ2v) is 6.00. The Kier molecular flexibility index (Phi) is 4.48. The van der Waals surface area contributed by atoms with Gasteiger partial charge in [0.05, 0.1) is 11.4 Å². The summed E-state index contributed by atoms with van der Waals surface area (Å²) in [6.07, 6.45) is 1.93. The van der Waals surface area contributed by atoms with Crippen molar-refractivity contribution in [2.45, 2.75) is 6.54 Å². The van der Waals surface area contributed by atoms with E-state index in [1.807, 2.05) is 65.4 Å². The van der Waals surface area contributed by atoms with Gasteiger partial charge in [0, 0.05) is 18.3 Å². The molecule has 0 aliphatic carbocycles. The van der Waals surface area contributed by atoms with Gasteiger partial charge in [-0.05, 0) is 23.8 Å². The fourth-order valence-corrected chi connectivity index (χ4v) is 2.85. The molecule has 0 bridgehead atoms. The topological polar surface area (TPSA) is 29.9 Å². The highest BCUT2D eigenvalue weighted by Gasteiger charge is 2.11. The molecule has 0 saturated carbocycles. The van der Waals surface area contributed by atoms with E-state index in [1.165, 1.54) is 12.1 Å². The van der Waals surface area contributed by atoms with Crippen molar-refractivity contribution in [3.63, 3.8) is 0 Å². The number of benzene rings is 3. The first-order valence-corrected chi connectivity index (χ1v) is 8.48. The maximum absolute atomic E-state index is 13.7. The average molecular weight is 343 g/mol. The molecule has 3 aromatic carbocycles. The molecule has 1 heterocycles. The molecule has 0 aliphatic heterocycles. The van der Waals surface area contributed by atoms with Crippen LogP contribution in [-0.4, -0.2) is 9.55 Å². The highest BCUT2D eigenvalue weighted by Crippen LogP contribution is 2.24. The lowest BCUT2D eigenvalue weighted by Gasteiger charge is -2.10. The minimum absolute atomic E-state index is 0.272. The molecule has 0 saturated heterocycles. The fourth-order valence-electron chi connectivity index (χ4n) is 2.85. The first kappa shape index (κ1) is 16.1. The van der Waals surface area contributed by atoms with E-state index in [4.69, 9.17) is 4.98 Å². The number of halogens is 1. The van der Waals surface area contributed by atoms with Crippen LogP contribution in [0.3, 0.4) is 0 Å². The standard InChI is InChI=1S/C22H18FN3/c23-19-12-7-13-20(14-19)26-16-21(18-10-5-2-6-11-18)25-22(26)24-15-17-8-3-1-4-9-17/h1-14,16H,15H2,(H,24,25). The lowest BCUT2D eigenvalue weighted by atomic mass is 10.2. The Hall–Kier alpha value is -3.40. The van der Waals surface area contributed by atoms with Crippen molar-refractivity contribution in [3.8, 4) is 16.9 Å². The third-order valence-corrected chi connectivity index (χ3v) is 4.16. The summed E-state index contributed by atoms with van der Waals surface area (Å²) in [6, 6.07) is 26.6. The van der Waals surface area contributed by atoms with Gasteiger partial charge in [-0.1, -0.05) is 66.7 Å². The summed E-state index contributed by atoms with van der Waals surface area (Å²) in [7, 11) is 0. The summed E-state index contributed by atoms with van der Waals surface area (Å²) < 4.78 is 15.6. The van der Waals surface area contributed by atoms with Crippen molar-refractivity contribution in [1.29, 1.82) is 0 Å². The molecule has 4 rings (SSSR count). The number of anilines is 1. The van der Waals surface area contributed by atoms with Gasteiger partial charge in [-0.3, -0.25) is 4.57 Å². The Morgan fingerprint density at radius 1 is 0.846 bits per heavy atom. The average Bonchev–Trinajstić information content (AvgIpc) is 3.12. The fraction of sp³-hybridized carbons (Fsp3) is 0.0455. The number of imidazole rings is 1. The molecule has 4 aromatic rings. The zero-order valence-electron chi connectivity index (χ0n) is 14.1. The molecule has 0 fully saturated rings. The van der Waals surface area contributed by atoms with E-state index in [0.29, 0.717) is 12.5 Å². The van der Waals surface area contributed by atoms with Crippen LogP contribution in [0.1, 0.15) is 5.56 Å². The second-order valence-electron chi connectivity index (χ2n) is 6.00. The van der Waals surface area contributed by atoms with Crippen molar-refractivity contribution >= 4 is 5.95 Å². The molecule has 0 amide bonds. The van der Waals surface area contributed by atoms with Gasteiger partial charge in [-0.2, -0.15) is 0 Å². The van der Waals surface area contributed by atoms with Crippen LogP contribution < -0.4 is 5.32 Å². The van der Waals surface area contributed by atoms with E-state index in [1.54, 1.807) is 6.07 Å². The van der Waals surface area contributed by atoms with E-state index in [9.17, 15) is 4.39 Å². The van der Waals surface area contributed by atoms with E-state index in [0.717, 1.165) is 22.5 Å². The largest absolute Gasteiger partial charge is 0.351 e. The minimum Gasteiger partial charge on any atom is -0.351 e. The van der Waals surface area contributed by atoms with E-state index >= 15 is 0 Å². The maximum Gasteiger partial charge on any atom is 0.208 e. The van der Waals surface area contributed by atoms with Crippen molar-refractivity contribution in [2.75, 3.05) is 5.32 Å². The quantitative estimate of drug-likeness (QED) is 0.533. The summed E-state index contributed by atoms with van der Waals surface area (Å²) in [5, 5.41) is 3.37. The van der Waals surface area contributed by atoms with E-state index in [2.05, 4.69) is 17.4 Å². The zero-order chi connectivity index (χ0) is 17.8. The lowest BCUT2D eigenvalue weighted by molar-refractivity contribution is 0.626. The Bertz CT molecular complexity index is 994. The molecule has 4 heteroatoms. The molecule has 1 aromatic heterocycles. The smallest absolute Gasteiger partial charge is 0.208 e. The van der Waals surface area contributed by atoms with Crippen LogP contribution in [0.2, 0.25) is 0 Å². The number of hydrogen-bond acceptors (Lipinski definition) is 2. The maximum atomic E-state index is 13.7. The van der Waals surface area contributed by atoms with Crippen LogP contribution in [-0.2, 0) is 6.54 Å². The molecule has 3 nitrogen and oxygen atoms in total. The Labute approximate surface area is 151 Å². The van der Waals surface area contributed by atoms with Crippen molar-refractivity contribution in [3.05, 3.63) is 103 Å². The third-order valence-electron chi connectivity index (χ3n) is 4.16. The predicted octanol–water partition coefficient (Wildman–Crippen LogP) is 5.29. The molecule has 0 unspecified atom stereocenters. The normalized spacial score (nSPS) is 10.7. The third kappa shape index (κ3) is 3.49. The number of aromatic nitrogens is 2. The minimum atomic E-state index is -0.272. The molecule has 128 valence electrons. The van der Waals surface area contributed by atoms with Crippen molar-refractivity contribution < 1.29 is 4.39 Å². The summed E-state index contributed by atoms with van der Waals surface area (Å²) in [5.74, 6) is 0.407. The number of nitrogens with one attached hydrogen (secondary N) is 1. The highest BCUT2D eigenvalue weighted by molar-refractivity contribution is 5.62. The van der Waals surface area contributed by atoms with Gasteiger partial charge in [-0.25, -0.2) is 9.37 Å². The second kappa shape index (κ2) is 7.23. The van der Waals surface area contributed by atoms with E-state index in [-0.39, 0.29) is 5.82 Å². The van der Waals surface area contributed by atoms with Crippen LogP contribution in [0, 0.1) is 5.82 Å². The van der Waals surface area contributed by atoms with Gasteiger partial charge in [0.15, 0.2) is 0 Å². The van der Waals surface area contributed by atoms with Gasteiger partial charge >= 0.3 is 0 Å². The van der Waals surface area contributed by atoms with Crippen LogP contribution in [0.4, 0.5) is 10.3 Å². The van der Waals surface area contributed by atoms with Crippen LogP contribution in [0.15, 0.2) is 91.1 Å². The van der Waals surface area contributed by atoms with Crippen LogP contribution in [0.5, 0.6) is 0 Å². The zero-order valence-corrected chi connectivity index (χ0v) is 14.1. The molecule has 0 spiro atoms. The Morgan fingerprint density at radius 3 is 2.31 bits per heavy atom. The van der Waals surface area contributed by atoms with Gasteiger partial charge in [0.25, 0.3) is 0 Å². The number of hydrogen-bond donors (Lipinski definition) is 1. The summed E-state index contributed by atoms with van der Waals surface area (Å²) in [4.78, 5) is 4.73. The summed E-state index contributed by atoms with van der Waals surface area (Å²) in [6.45, 7) is 0.640. The molecule has 0 radical (unpaired) electrons. The summed E-state index contributed by atoms with van der Waals surface area (Å²) in [5.41, 5.74) is 3.74. The molecule has 1 N–H and O–H groups in total. The molecular weight excluding hydrogens is 325 g/mol. The van der Waals surface area contributed by atoms with Crippen LogP contribution in [0.25, 0.3) is 16.9 Å². The van der Waals surface area contributed by atoms with Gasteiger partial charge < -0.3 is 5.32 Å². The van der Waals surface area contributed by atoms with E-state index < -0.39 is 0 Å². The molecule has 0 atom stereocenters. The molecular formula is C22H18FN3. The van der Waals surface area contributed by atoms with Crippen molar-refractivity contribution in [1.82, 2.24) is 9.55 Å². The predicted molar refractivity (Wildman–Crippen MR) is 103 cm³/mol. The number of rotatable bonds is 5. The van der Waals surface area contributed by atoms with Crippen LogP contribution >= 0.6 is 0 Å². The lowest BCUT2D eigenvalue weighted by Crippen LogP contribution is -2.06. The Balaban J connectivity index is 1.71. The SMILES string of the molecule is Fc1cccc(-n2cc(-c3ccccc3)nc2NCc2ccccc2)c1. The summed E-state index contributed by atoms with van der Waals surface area (Å²) >= 11 is 0. The first-order chi connectivity index (χ1) is 12.8. The highest BCUT2D eigenvalue weighted by atomic mass is 19.1. The van der Waals surface area contributed by atoms with Crippen molar-refractivity contribution in [2.24, 2.45) is 0 Å². The number of nitrogens with zero attached hydrogens (tertiary/aromatic N) is 2. The Morgan fingerprint density at radius 2 is 1.58 bits per heavy atom. The first-order valence-electron chi connectivity index (χ1n) is 8.48. The van der Waals surface area contributed by atoms with Gasteiger partial charge in [0.1, 0.15) is 5.82 Å². The molecule has 0 aliphatic rings. The monoisotopic (exact) mass is 343 g/mol.